The van der Waals surface area contributed by atoms with Crippen molar-refractivity contribution in [3.05, 3.63) is 51.7 Å². The second-order valence-electron chi connectivity index (χ2n) is 36.4. The minimum atomic E-state index is -2.23. The smallest absolute Gasteiger partial charge is 0.326 e. The summed E-state index contributed by atoms with van der Waals surface area (Å²) < 4.78 is 0. The fraction of sp³-hybridized carbons (Fsp3) is 0.587. The number of amides is 15. The maximum Gasteiger partial charge on any atom is 0.326 e. The van der Waals surface area contributed by atoms with E-state index in [0.29, 0.717) is 11.3 Å². The Hall–Kier alpha value is -14.9. The SMILES string of the molecule is C[C@@H]1CC(=O)[C@H](CCC(N)=O)NC(=O)[C@H](C)NC(=O)[C@@H]2CSC(=N2)c2cc(cs2)C[C@@H](C(=O)N[C@@H](CO)C(=O)C[C@@H](CC(=O)O)C(=O)N[C@@H](Cc2ccc(O)cc2)C(=O)C[C@@H](CCCCN)C(=O)N[C@@H](CC(=O)O)C(=O)C[C@@H](CC(=O)O)C(=O)N[C@@H](CC(=O)O)C(=O)C[C@@H](CC(=O)O)C(=O)N[C@@H](CCCCN)C(=O)O)NC(=O)[C@H](CC(N)=O)NC(=O)[C@H](C)NC(=O)[C@H](CO)NC(=O)[C@H](CCCNC(=N)N)NC(=O)C2CCCN2C1=O. The minimum absolute atomic E-state index is 0.00490. The topological polar surface area (TPSA) is 952 Å². The molecule has 0 saturated carbocycles. The van der Waals surface area contributed by atoms with Crippen LogP contribution in [0.1, 0.15) is 184 Å². The summed E-state index contributed by atoms with van der Waals surface area (Å²) in [7, 11) is 0. The van der Waals surface area contributed by atoms with Gasteiger partial charge in [0.1, 0.15) is 71.2 Å². The summed E-state index contributed by atoms with van der Waals surface area (Å²) in [4.78, 5) is 362. The number of thiophene rings is 1. The molecule has 0 radical (unpaired) electrons. The van der Waals surface area contributed by atoms with Gasteiger partial charge in [0, 0.05) is 75.6 Å². The van der Waals surface area contributed by atoms with Gasteiger partial charge in [-0.2, -0.15) is 0 Å². The third kappa shape index (κ3) is 42.7. The zero-order valence-corrected chi connectivity index (χ0v) is 83.9. The molecule has 1 aromatic heterocycles. The predicted octanol–water partition coefficient (Wildman–Crippen LogP) is -8.04. The van der Waals surface area contributed by atoms with Crippen LogP contribution in [-0.2, 0) is 137 Å². The quantitative estimate of drug-likeness (QED) is 0.0166. The van der Waals surface area contributed by atoms with E-state index in [0.717, 1.165) is 42.2 Å². The van der Waals surface area contributed by atoms with Gasteiger partial charge in [-0.25, -0.2) is 4.79 Å². The molecule has 0 aliphatic carbocycles. The van der Waals surface area contributed by atoms with Crippen molar-refractivity contribution in [2.45, 2.75) is 266 Å². The van der Waals surface area contributed by atoms with Crippen molar-refractivity contribution < 1.29 is 171 Å². The number of aliphatic imine (C=N–C) groups is 1. The molecule has 15 amide bonds. The van der Waals surface area contributed by atoms with E-state index in [1.807, 2.05) is 5.32 Å². The first kappa shape index (κ1) is 126. The molecular formula is C92H131N21O35S2. The number of benzene rings is 1. The maximum absolute atomic E-state index is 15.0. The second-order valence-corrected chi connectivity index (χ2v) is 38.3. The first-order valence-corrected chi connectivity index (χ1v) is 49.8. The number of thioether (sulfide) groups is 1. The number of aliphatic hydroxyl groups is 2. The van der Waals surface area contributed by atoms with Gasteiger partial charge in [0.25, 0.3) is 0 Å². The minimum Gasteiger partial charge on any atom is -0.508 e. The molecule has 1 saturated heterocycles. The van der Waals surface area contributed by atoms with Crippen molar-refractivity contribution in [3.8, 4) is 5.75 Å². The van der Waals surface area contributed by atoms with Crippen molar-refractivity contribution in [2.24, 2.45) is 63.3 Å². The molecule has 3 aliphatic heterocycles. The van der Waals surface area contributed by atoms with E-state index >= 15 is 9.59 Å². The molecule has 5 rings (SSSR count). The number of Topliss-reactive ketones (excluding diaryl/α,β-unsaturated/α-hetero) is 5. The first-order chi connectivity index (χ1) is 70.6. The first-order valence-electron chi connectivity index (χ1n) is 47.9. The zero-order chi connectivity index (χ0) is 112. The molecule has 1 fully saturated rings. The lowest BCUT2D eigenvalue weighted by molar-refractivity contribution is -0.146. The Kier molecular flexibility index (Phi) is 52.2. The zero-order valence-electron chi connectivity index (χ0n) is 82.3. The van der Waals surface area contributed by atoms with Crippen LogP contribution in [0.25, 0.3) is 0 Å². The standard InChI is InChI=1S/C92H131N21O35S2/c1-42-24-64(117)52(18-19-70(95)122)102-77(134)43(2)101-87(144)62-41-150-89(112-62)69-27-46(40-149-69)26-58(109-85(142)59(35-71(96)123)108-78(135)44(3)100-86(143)61(39-115)111-83(140)53(12-8-22-99-92(97)98)103-88(145)63-13-9-23-113(63)90(42)146)84(141)110-60(38-114)68(121)31-50(34-74(128)129)81(138)105-55(25-45-14-16-51(116)17-15-45)65(118)28-47(10-4-6-20-93)79(136)106-56(36-75(130)131)66(119)30-49(33-73(126)127)82(139)107-57(37-76(132)133)67(120)29-48(32-72(124)125)80(137)104-54(91(147)148)11-5-7-21-94/h14-17,27,40,42-44,47-50,52-63,114-116H,4-13,18-26,28-39,41,93-94H2,1-3H3,(H2,95,122)(H2,96,123)(H,100,143)(H,101,144)(H,102,134)(H,103,145)(H,104,137)(H,105,138)(H,106,136)(H,107,139)(H,108,135)(H,109,142)(H,110,141)(H,111,140)(H,124,125)(H,126,127)(H,128,129)(H,130,131)(H,132,133)(H,147,148)(H4,97,98,99)/t42-,43+,44+,47-,48+,49+,50+,52+,53+,54+,55+,56+,57+,58+,59+,60+,61+,62+,63?/m1/s1. The van der Waals surface area contributed by atoms with Gasteiger partial charge in [-0.05, 0) is 132 Å². The number of aliphatic hydroxyl groups excluding tert-OH is 2. The number of aliphatic carboxylic acids is 6. The Morgan fingerprint density at radius 1 is 0.500 bits per heavy atom. The predicted molar refractivity (Wildman–Crippen MR) is 523 cm³/mol. The molecule has 2 aromatic rings. The molecule has 19 atom stereocenters. The summed E-state index contributed by atoms with van der Waals surface area (Å²) in [5, 5.41) is 131. The van der Waals surface area contributed by atoms with Gasteiger partial charge < -0.3 is 149 Å². The molecule has 4 bridgehead atoms. The third-order valence-corrected chi connectivity index (χ3v) is 26.5. The fourth-order valence-electron chi connectivity index (χ4n) is 16.1. The molecule has 58 heteroatoms. The number of aromatic hydroxyl groups is 1. The van der Waals surface area contributed by atoms with Crippen LogP contribution in [0.2, 0.25) is 0 Å². The Morgan fingerprint density at radius 3 is 1.48 bits per heavy atom. The Labute approximate surface area is 865 Å². The van der Waals surface area contributed by atoms with Crippen LogP contribution in [0.3, 0.4) is 0 Å². The van der Waals surface area contributed by atoms with E-state index in [1.165, 1.54) is 42.3 Å². The number of phenolic OH excluding ortho intramolecular Hbond substituents is 1. The van der Waals surface area contributed by atoms with Gasteiger partial charge >= 0.3 is 35.8 Å². The number of fused-ring (bicyclic) bond motifs is 5. The van der Waals surface area contributed by atoms with E-state index in [-0.39, 0.29) is 118 Å². The molecular weight excluding hydrogens is 2020 g/mol. The highest BCUT2D eigenvalue weighted by Gasteiger charge is 2.44. The lowest BCUT2D eigenvalue weighted by Gasteiger charge is -2.29. The summed E-state index contributed by atoms with van der Waals surface area (Å²) in [6, 6.07) is -18.7. The number of nitrogens with one attached hydrogen (secondary N) is 14. The number of carboxylic acids is 6. The number of nitrogens with two attached hydrogens (primary N) is 5. The Bertz CT molecular complexity index is 5310. The maximum atomic E-state index is 15.0. The molecule has 826 valence electrons. The number of nitrogens with zero attached hydrogens (tertiary/aromatic N) is 2. The van der Waals surface area contributed by atoms with Gasteiger partial charge in [0.2, 0.25) is 88.6 Å². The van der Waals surface area contributed by atoms with Gasteiger partial charge in [-0.15, -0.1) is 23.1 Å². The number of carbonyl (C=O) groups is 26. The van der Waals surface area contributed by atoms with Crippen LogP contribution < -0.4 is 97.8 Å². The number of guanidine groups is 1. The lowest BCUT2D eigenvalue weighted by Crippen LogP contribution is -2.60. The van der Waals surface area contributed by atoms with Crippen molar-refractivity contribution in [3.63, 3.8) is 0 Å². The largest absolute Gasteiger partial charge is 0.508 e. The van der Waals surface area contributed by atoms with Gasteiger partial charge in [-0.1, -0.05) is 25.5 Å². The van der Waals surface area contributed by atoms with Gasteiger partial charge in [-0.3, -0.25) is 130 Å². The molecule has 33 N–H and O–H groups in total. The monoisotopic (exact) mass is 2150 g/mol. The molecule has 0 spiro atoms. The molecule has 1 unspecified atom stereocenters. The van der Waals surface area contributed by atoms with Crippen LogP contribution in [0.4, 0.5) is 0 Å². The highest BCUT2D eigenvalue weighted by molar-refractivity contribution is 8.15. The number of carbonyl (C=O) groups excluding carboxylic acids is 20. The fourth-order valence-corrected chi connectivity index (χ4v) is 18.2. The number of ketones is 5. The highest BCUT2D eigenvalue weighted by atomic mass is 32.2. The average Bonchev–Trinajstić information content (AvgIpc) is 1.67. The summed E-state index contributed by atoms with van der Waals surface area (Å²) in [5.41, 5.74) is 28.1. The number of unbranched alkanes of at least 4 members (excludes halogenated alkanes) is 2. The third-order valence-electron chi connectivity index (χ3n) is 24.3. The Balaban J connectivity index is 1.50. The lowest BCUT2D eigenvalue weighted by atomic mass is 9.88. The average molecular weight is 2160 g/mol. The normalized spacial score (nSPS) is 21.1. The molecule has 3 aliphatic rings. The number of rotatable bonds is 54. The number of hydrogen-bond donors (Lipinski definition) is 28. The van der Waals surface area contributed by atoms with E-state index < -0.39 is 377 Å². The molecule has 56 nitrogen and oxygen atoms in total. The van der Waals surface area contributed by atoms with Crippen LogP contribution in [0.5, 0.6) is 5.75 Å². The van der Waals surface area contributed by atoms with E-state index in [9.17, 15) is 161 Å². The summed E-state index contributed by atoms with van der Waals surface area (Å²) in [6.45, 7) is 1.14. The van der Waals surface area contributed by atoms with Gasteiger partial charge in [0.05, 0.1) is 98.5 Å². The number of phenols is 1. The van der Waals surface area contributed by atoms with E-state index in [4.69, 9.17) is 34.1 Å². The highest BCUT2D eigenvalue weighted by Crippen LogP contribution is 2.31. The van der Waals surface area contributed by atoms with Crippen molar-refractivity contribution in [1.82, 2.24) is 74.0 Å². The second kappa shape index (κ2) is 62.4. The van der Waals surface area contributed by atoms with Gasteiger partial charge in [0.15, 0.2) is 34.9 Å². The Morgan fingerprint density at radius 2 is 0.973 bits per heavy atom. The van der Waals surface area contributed by atoms with Crippen LogP contribution >= 0.6 is 23.1 Å². The van der Waals surface area contributed by atoms with E-state index in [1.54, 1.807) is 0 Å². The molecule has 1 aromatic carbocycles. The van der Waals surface area contributed by atoms with Crippen LogP contribution in [-0.4, -0.2) is 345 Å². The summed E-state index contributed by atoms with van der Waals surface area (Å²) in [6.07, 6.45) is -14.7. The number of primary amides is 2. The van der Waals surface area contributed by atoms with Crippen molar-refractivity contribution in [2.75, 3.05) is 45.1 Å². The van der Waals surface area contributed by atoms with Crippen molar-refractivity contribution >= 4 is 187 Å². The van der Waals surface area contributed by atoms with Crippen LogP contribution in [0.15, 0.2) is 40.7 Å². The summed E-state index contributed by atoms with van der Waals surface area (Å²) >= 11 is 2.00. The van der Waals surface area contributed by atoms with E-state index in [2.05, 4.69) is 68.8 Å². The van der Waals surface area contributed by atoms with Crippen LogP contribution in [0, 0.1) is 35.0 Å². The molecule has 150 heavy (non-hydrogen) atoms. The summed E-state index contributed by atoms with van der Waals surface area (Å²) in [5.74, 6) is -43.8. The van der Waals surface area contributed by atoms with Crippen molar-refractivity contribution in [1.29, 1.82) is 5.41 Å². The molecule has 4 heterocycles. The number of carboxylic acid groups (broad SMARTS) is 6. The number of hydrogen-bond acceptors (Lipinski definition) is 35.